The van der Waals surface area contributed by atoms with Crippen LogP contribution in [0.3, 0.4) is 0 Å². The third-order valence-corrected chi connectivity index (χ3v) is 2.98. The van der Waals surface area contributed by atoms with E-state index in [4.69, 9.17) is 5.11 Å². The summed E-state index contributed by atoms with van der Waals surface area (Å²) in [7, 11) is 0. The quantitative estimate of drug-likeness (QED) is 0.771. The Morgan fingerprint density at radius 3 is 2.20 bits per heavy atom. The van der Waals surface area contributed by atoms with Crippen LogP contribution in [0.25, 0.3) is 0 Å². The van der Waals surface area contributed by atoms with Gasteiger partial charge in [-0.25, -0.2) is 4.79 Å². The van der Waals surface area contributed by atoms with Crippen molar-refractivity contribution in [3.8, 4) is 0 Å². The average Bonchev–Trinajstić information content (AvgIpc) is 2.02. The monoisotopic (exact) mass is 236 g/mol. The molecule has 0 aromatic heterocycles. The Labute approximate surface area is 97.4 Å². The predicted octanol–water partition coefficient (Wildman–Crippen LogP) is 1.94. The van der Waals surface area contributed by atoms with E-state index in [0.717, 1.165) is 25.9 Å². The third kappa shape index (κ3) is 3.24. The molecule has 1 saturated heterocycles. The zero-order valence-corrected chi connectivity index (χ0v) is 10.4. The van der Waals surface area contributed by atoms with E-state index < -0.39 is 6.09 Å². The standard InChI is InChI=1S/C10H20N2O2.ClH/c1-8(2)12(9(13)14)10(3)4-6-11-7-5-10;/h8,11H,4-7H2,1-3H3,(H,13,14);1H. The molecule has 0 aromatic carbocycles. The second kappa shape index (κ2) is 5.56. The lowest BCUT2D eigenvalue weighted by Crippen LogP contribution is -2.57. The molecule has 0 unspecified atom stereocenters. The maximum Gasteiger partial charge on any atom is 0.407 e. The summed E-state index contributed by atoms with van der Waals surface area (Å²) in [6.45, 7) is 7.73. The van der Waals surface area contributed by atoms with E-state index in [1.807, 2.05) is 20.8 Å². The highest BCUT2D eigenvalue weighted by Crippen LogP contribution is 2.27. The van der Waals surface area contributed by atoms with Crippen molar-refractivity contribution in [2.75, 3.05) is 13.1 Å². The molecule has 90 valence electrons. The lowest BCUT2D eigenvalue weighted by Gasteiger charge is -2.44. The minimum atomic E-state index is -0.801. The van der Waals surface area contributed by atoms with E-state index in [9.17, 15) is 4.79 Å². The van der Waals surface area contributed by atoms with Gasteiger partial charge in [-0.2, -0.15) is 0 Å². The Bertz CT molecular complexity index is 215. The van der Waals surface area contributed by atoms with Gasteiger partial charge in [-0.15, -0.1) is 12.4 Å². The largest absolute Gasteiger partial charge is 0.465 e. The summed E-state index contributed by atoms with van der Waals surface area (Å²) in [6.07, 6.45) is 0.999. The number of nitrogens with zero attached hydrogens (tertiary/aromatic N) is 1. The van der Waals surface area contributed by atoms with E-state index in [-0.39, 0.29) is 24.0 Å². The van der Waals surface area contributed by atoms with Crippen molar-refractivity contribution in [1.29, 1.82) is 0 Å². The maximum absolute atomic E-state index is 11.2. The highest BCUT2D eigenvalue weighted by Gasteiger charge is 2.37. The molecule has 0 atom stereocenters. The fourth-order valence-electron chi connectivity index (χ4n) is 2.28. The molecule has 1 aliphatic heterocycles. The van der Waals surface area contributed by atoms with Crippen LogP contribution in [-0.4, -0.2) is 40.8 Å². The molecule has 0 spiro atoms. The molecule has 1 fully saturated rings. The first-order chi connectivity index (χ1) is 6.47. The molecular weight excluding hydrogens is 216 g/mol. The van der Waals surface area contributed by atoms with Gasteiger partial charge in [-0.1, -0.05) is 0 Å². The molecule has 2 N–H and O–H groups in total. The first-order valence-electron chi connectivity index (χ1n) is 5.20. The minimum Gasteiger partial charge on any atom is -0.465 e. The van der Waals surface area contributed by atoms with Crippen molar-refractivity contribution in [2.45, 2.75) is 45.2 Å². The summed E-state index contributed by atoms with van der Waals surface area (Å²) in [4.78, 5) is 12.7. The van der Waals surface area contributed by atoms with Crippen molar-refractivity contribution in [3.05, 3.63) is 0 Å². The highest BCUT2D eigenvalue weighted by molar-refractivity contribution is 5.85. The third-order valence-electron chi connectivity index (χ3n) is 2.98. The summed E-state index contributed by atoms with van der Waals surface area (Å²) >= 11 is 0. The Morgan fingerprint density at radius 2 is 1.87 bits per heavy atom. The number of hydrogen-bond acceptors (Lipinski definition) is 2. The molecule has 0 aliphatic carbocycles. The molecular formula is C10H21ClN2O2. The second-order valence-corrected chi connectivity index (χ2v) is 4.49. The van der Waals surface area contributed by atoms with Crippen molar-refractivity contribution in [1.82, 2.24) is 10.2 Å². The van der Waals surface area contributed by atoms with Crippen LogP contribution in [0.4, 0.5) is 4.79 Å². The predicted molar refractivity (Wildman–Crippen MR) is 62.8 cm³/mol. The highest BCUT2D eigenvalue weighted by atomic mass is 35.5. The van der Waals surface area contributed by atoms with Crippen LogP contribution in [0.5, 0.6) is 0 Å². The van der Waals surface area contributed by atoms with E-state index in [0.29, 0.717) is 0 Å². The van der Waals surface area contributed by atoms with Gasteiger partial charge in [0.1, 0.15) is 0 Å². The second-order valence-electron chi connectivity index (χ2n) is 4.49. The SMILES string of the molecule is CC(C)N(C(=O)O)C1(C)CCNCC1.Cl. The molecule has 0 saturated carbocycles. The molecule has 1 rings (SSSR count). The molecule has 4 nitrogen and oxygen atoms in total. The zero-order valence-electron chi connectivity index (χ0n) is 9.62. The minimum absolute atomic E-state index is 0. The van der Waals surface area contributed by atoms with E-state index in [1.54, 1.807) is 4.90 Å². The molecule has 5 heteroatoms. The van der Waals surface area contributed by atoms with Crippen LogP contribution in [0.2, 0.25) is 0 Å². The van der Waals surface area contributed by atoms with E-state index >= 15 is 0 Å². The fraction of sp³-hybridized carbons (Fsp3) is 0.900. The number of piperidine rings is 1. The Balaban J connectivity index is 0.00000196. The van der Waals surface area contributed by atoms with Gasteiger partial charge in [0.25, 0.3) is 0 Å². The van der Waals surface area contributed by atoms with Crippen molar-refractivity contribution in [3.63, 3.8) is 0 Å². The molecule has 1 aliphatic rings. The molecule has 1 heterocycles. The van der Waals surface area contributed by atoms with Crippen LogP contribution in [-0.2, 0) is 0 Å². The van der Waals surface area contributed by atoms with Gasteiger partial charge in [-0.3, -0.25) is 0 Å². The molecule has 0 bridgehead atoms. The van der Waals surface area contributed by atoms with Crippen LogP contribution >= 0.6 is 12.4 Å². The van der Waals surface area contributed by atoms with Crippen LogP contribution in [0.1, 0.15) is 33.6 Å². The Kier molecular flexibility index (Phi) is 5.38. The molecule has 0 radical (unpaired) electrons. The lowest BCUT2D eigenvalue weighted by atomic mass is 9.88. The molecule has 15 heavy (non-hydrogen) atoms. The van der Waals surface area contributed by atoms with E-state index in [2.05, 4.69) is 5.32 Å². The van der Waals surface area contributed by atoms with Gasteiger partial charge in [0.15, 0.2) is 0 Å². The van der Waals surface area contributed by atoms with Crippen molar-refractivity contribution < 1.29 is 9.90 Å². The summed E-state index contributed by atoms with van der Waals surface area (Å²) in [5.41, 5.74) is -0.189. The smallest absolute Gasteiger partial charge is 0.407 e. The number of hydrogen-bond donors (Lipinski definition) is 2. The zero-order chi connectivity index (χ0) is 10.8. The lowest BCUT2D eigenvalue weighted by molar-refractivity contribution is 0.0451. The van der Waals surface area contributed by atoms with Gasteiger partial charge >= 0.3 is 6.09 Å². The van der Waals surface area contributed by atoms with Crippen LogP contribution in [0, 0.1) is 0 Å². The first-order valence-corrected chi connectivity index (χ1v) is 5.20. The maximum atomic E-state index is 11.2. The number of rotatable bonds is 2. The first kappa shape index (κ1) is 14.5. The summed E-state index contributed by atoms with van der Waals surface area (Å²) in [5.74, 6) is 0. The van der Waals surface area contributed by atoms with Crippen molar-refractivity contribution >= 4 is 18.5 Å². The Morgan fingerprint density at radius 1 is 1.40 bits per heavy atom. The van der Waals surface area contributed by atoms with Gasteiger partial charge in [0, 0.05) is 11.6 Å². The van der Waals surface area contributed by atoms with E-state index in [1.165, 1.54) is 0 Å². The average molecular weight is 237 g/mol. The summed E-state index contributed by atoms with van der Waals surface area (Å²) < 4.78 is 0. The van der Waals surface area contributed by atoms with Crippen LogP contribution in [0.15, 0.2) is 0 Å². The van der Waals surface area contributed by atoms with Crippen LogP contribution < -0.4 is 5.32 Å². The fourth-order valence-corrected chi connectivity index (χ4v) is 2.28. The number of halogens is 1. The topological polar surface area (TPSA) is 52.6 Å². The van der Waals surface area contributed by atoms with Gasteiger partial charge in [0.05, 0.1) is 0 Å². The molecule has 1 amide bonds. The Hall–Kier alpha value is -0.480. The summed E-state index contributed by atoms with van der Waals surface area (Å²) in [6, 6.07) is 0.0515. The number of carbonyl (C=O) groups is 1. The van der Waals surface area contributed by atoms with Gasteiger partial charge in [-0.05, 0) is 46.7 Å². The normalized spacial score (nSPS) is 19.5. The van der Waals surface area contributed by atoms with Gasteiger partial charge in [0.2, 0.25) is 0 Å². The van der Waals surface area contributed by atoms with Crippen molar-refractivity contribution in [2.24, 2.45) is 0 Å². The number of nitrogens with one attached hydrogen (secondary N) is 1. The summed E-state index contributed by atoms with van der Waals surface area (Å²) in [5, 5.41) is 12.4. The van der Waals surface area contributed by atoms with Gasteiger partial charge < -0.3 is 15.3 Å². The number of carboxylic acid groups (broad SMARTS) is 1. The number of amides is 1. The molecule has 0 aromatic rings.